The lowest BCUT2D eigenvalue weighted by Crippen LogP contribution is -2.10. The highest BCUT2D eigenvalue weighted by Gasteiger charge is 2.14. The van der Waals surface area contributed by atoms with Crippen molar-refractivity contribution in [2.75, 3.05) is 5.32 Å². The number of anilines is 1. The fraction of sp³-hybridized carbons (Fsp3) is 0.400. The van der Waals surface area contributed by atoms with Crippen LogP contribution in [0.2, 0.25) is 0 Å². The first kappa shape index (κ1) is 14.0. The van der Waals surface area contributed by atoms with Crippen molar-refractivity contribution < 1.29 is 0 Å². The van der Waals surface area contributed by atoms with Gasteiger partial charge < -0.3 is 5.32 Å². The molecule has 0 aliphatic heterocycles. The standard InChI is InChI=1S/C15H19N5S/c1-5-11-8-12-14(17-10(3)18-15(12)21-11)16-9(2)13-6-7-20(4)19-13/h6-9H,5H2,1-4H3,(H,16,17,18)/t9-/m0/s1. The zero-order chi connectivity index (χ0) is 15.0. The van der Waals surface area contributed by atoms with Crippen LogP contribution in [0.1, 0.15) is 36.3 Å². The zero-order valence-electron chi connectivity index (χ0n) is 12.7. The van der Waals surface area contributed by atoms with E-state index in [4.69, 9.17) is 0 Å². The van der Waals surface area contributed by atoms with Gasteiger partial charge in [0.15, 0.2) is 0 Å². The minimum absolute atomic E-state index is 0.105. The largest absolute Gasteiger partial charge is 0.361 e. The maximum absolute atomic E-state index is 4.57. The van der Waals surface area contributed by atoms with Gasteiger partial charge in [-0.05, 0) is 32.4 Å². The third kappa shape index (κ3) is 2.76. The van der Waals surface area contributed by atoms with Gasteiger partial charge in [0.1, 0.15) is 16.5 Å². The number of aromatic nitrogens is 4. The van der Waals surface area contributed by atoms with Gasteiger partial charge >= 0.3 is 0 Å². The topological polar surface area (TPSA) is 55.6 Å². The second-order valence-electron chi connectivity index (χ2n) is 5.18. The fourth-order valence-electron chi connectivity index (χ4n) is 2.31. The number of aryl methyl sites for hydroxylation is 3. The first-order valence-corrected chi connectivity index (χ1v) is 7.91. The van der Waals surface area contributed by atoms with Crippen LogP contribution >= 0.6 is 11.3 Å². The smallest absolute Gasteiger partial charge is 0.139 e. The summed E-state index contributed by atoms with van der Waals surface area (Å²) < 4.78 is 1.81. The molecular formula is C15H19N5S. The number of hydrogen-bond donors (Lipinski definition) is 1. The molecule has 3 aromatic heterocycles. The third-order valence-electron chi connectivity index (χ3n) is 3.44. The molecule has 3 heterocycles. The summed E-state index contributed by atoms with van der Waals surface area (Å²) in [5.41, 5.74) is 1.01. The van der Waals surface area contributed by atoms with Gasteiger partial charge in [0.05, 0.1) is 17.1 Å². The Kier molecular flexibility index (Phi) is 3.63. The van der Waals surface area contributed by atoms with Gasteiger partial charge in [0.2, 0.25) is 0 Å². The highest BCUT2D eigenvalue weighted by molar-refractivity contribution is 7.18. The molecule has 5 nitrogen and oxygen atoms in total. The molecule has 0 aromatic carbocycles. The lowest BCUT2D eigenvalue weighted by Gasteiger charge is -2.13. The average molecular weight is 301 g/mol. The summed E-state index contributed by atoms with van der Waals surface area (Å²) in [4.78, 5) is 11.5. The Morgan fingerprint density at radius 2 is 2.19 bits per heavy atom. The summed E-state index contributed by atoms with van der Waals surface area (Å²) in [6.45, 7) is 6.19. The lowest BCUT2D eigenvalue weighted by molar-refractivity contribution is 0.717. The molecule has 1 N–H and O–H groups in total. The molecule has 0 fully saturated rings. The van der Waals surface area contributed by atoms with E-state index in [0.717, 1.165) is 34.0 Å². The predicted octanol–water partition coefficient (Wildman–Crippen LogP) is 3.47. The van der Waals surface area contributed by atoms with Crippen LogP contribution in [0.15, 0.2) is 18.3 Å². The SMILES string of the molecule is CCc1cc2c(N[C@@H](C)c3ccn(C)n3)nc(C)nc2s1. The highest BCUT2D eigenvalue weighted by atomic mass is 32.1. The Morgan fingerprint density at radius 1 is 1.38 bits per heavy atom. The molecule has 6 heteroatoms. The molecule has 0 spiro atoms. The monoisotopic (exact) mass is 301 g/mol. The van der Waals surface area contributed by atoms with Crippen LogP contribution in [0.3, 0.4) is 0 Å². The Bertz CT molecular complexity index is 774. The van der Waals surface area contributed by atoms with Gasteiger partial charge in [-0.3, -0.25) is 4.68 Å². The first-order chi connectivity index (χ1) is 10.1. The minimum Gasteiger partial charge on any atom is -0.361 e. The van der Waals surface area contributed by atoms with Crippen molar-refractivity contribution in [3.05, 3.63) is 34.7 Å². The van der Waals surface area contributed by atoms with E-state index in [2.05, 4.69) is 40.3 Å². The minimum atomic E-state index is 0.105. The Balaban J connectivity index is 1.97. The third-order valence-corrected chi connectivity index (χ3v) is 4.61. The predicted molar refractivity (Wildman–Crippen MR) is 86.8 cm³/mol. The molecule has 110 valence electrons. The summed E-state index contributed by atoms with van der Waals surface area (Å²) in [5.74, 6) is 1.69. The molecule has 0 aliphatic carbocycles. The molecule has 0 amide bonds. The van der Waals surface area contributed by atoms with Gasteiger partial charge in [-0.1, -0.05) is 6.92 Å². The van der Waals surface area contributed by atoms with Crippen LogP contribution in [-0.2, 0) is 13.5 Å². The lowest BCUT2D eigenvalue weighted by atomic mass is 10.2. The van der Waals surface area contributed by atoms with E-state index in [1.165, 1.54) is 4.88 Å². The first-order valence-electron chi connectivity index (χ1n) is 7.10. The van der Waals surface area contributed by atoms with E-state index in [0.29, 0.717) is 0 Å². The number of nitrogens with zero attached hydrogens (tertiary/aromatic N) is 4. The number of nitrogens with one attached hydrogen (secondary N) is 1. The van der Waals surface area contributed by atoms with Crippen LogP contribution in [0.5, 0.6) is 0 Å². The molecule has 21 heavy (non-hydrogen) atoms. The normalized spacial score (nSPS) is 12.8. The van der Waals surface area contributed by atoms with Crippen molar-refractivity contribution in [2.24, 2.45) is 7.05 Å². The second kappa shape index (κ2) is 5.44. The summed E-state index contributed by atoms with van der Waals surface area (Å²) in [6, 6.07) is 4.31. The molecule has 0 unspecified atom stereocenters. The number of fused-ring (bicyclic) bond motifs is 1. The fourth-order valence-corrected chi connectivity index (χ4v) is 3.32. The van der Waals surface area contributed by atoms with E-state index >= 15 is 0 Å². The van der Waals surface area contributed by atoms with Gasteiger partial charge in [0, 0.05) is 18.1 Å². The highest BCUT2D eigenvalue weighted by Crippen LogP contribution is 2.30. The Hall–Kier alpha value is -1.95. The maximum atomic E-state index is 4.57. The van der Waals surface area contributed by atoms with Crippen molar-refractivity contribution >= 4 is 27.4 Å². The van der Waals surface area contributed by atoms with E-state index in [1.807, 2.05) is 30.9 Å². The van der Waals surface area contributed by atoms with E-state index < -0.39 is 0 Å². The van der Waals surface area contributed by atoms with Crippen LogP contribution in [0.4, 0.5) is 5.82 Å². The van der Waals surface area contributed by atoms with Gasteiger partial charge in [0.25, 0.3) is 0 Å². The molecule has 0 saturated carbocycles. The van der Waals surface area contributed by atoms with Crippen molar-refractivity contribution in [3.8, 4) is 0 Å². The van der Waals surface area contributed by atoms with E-state index in [-0.39, 0.29) is 6.04 Å². The number of rotatable bonds is 4. The molecule has 1 atom stereocenters. The quantitative estimate of drug-likeness (QED) is 0.801. The summed E-state index contributed by atoms with van der Waals surface area (Å²) in [7, 11) is 1.93. The molecule has 0 bridgehead atoms. The van der Waals surface area contributed by atoms with Crippen LogP contribution in [0, 0.1) is 6.92 Å². The van der Waals surface area contributed by atoms with Gasteiger partial charge in [-0.25, -0.2) is 9.97 Å². The average Bonchev–Trinajstić information content (AvgIpc) is 3.04. The van der Waals surface area contributed by atoms with Crippen LogP contribution in [-0.4, -0.2) is 19.7 Å². The van der Waals surface area contributed by atoms with Crippen LogP contribution < -0.4 is 5.32 Å². The second-order valence-corrected chi connectivity index (χ2v) is 6.30. The van der Waals surface area contributed by atoms with Crippen molar-refractivity contribution in [2.45, 2.75) is 33.2 Å². The summed E-state index contributed by atoms with van der Waals surface area (Å²) in [6.07, 6.45) is 2.98. The molecule has 3 rings (SSSR count). The molecule has 0 radical (unpaired) electrons. The summed E-state index contributed by atoms with van der Waals surface area (Å²) in [5, 5.41) is 9.02. The Labute approximate surface area is 128 Å². The van der Waals surface area contributed by atoms with Crippen molar-refractivity contribution in [1.29, 1.82) is 0 Å². The number of thiophene rings is 1. The zero-order valence-corrected chi connectivity index (χ0v) is 13.5. The maximum Gasteiger partial charge on any atom is 0.139 e. The Morgan fingerprint density at radius 3 is 2.86 bits per heavy atom. The molecular weight excluding hydrogens is 282 g/mol. The van der Waals surface area contributed by atoms with Gasteiger partial charge in [-0.15, -0.1) is 11.3 Å². The van der Waals surface area contributed by atoms with Gasteiger partial charge in [-0.2, -0.15) is 5.10 Å². The molecule has 0 saturated heterocycles. The summed E-state index contributed by atoms with van der Waals surface area (Å²) >= 11 is 1.74. The molecule has 3 aromatic rings. The molecule has 0 aliphatic rings. The van der Waals surface area contributed by atoms with Crippen molar-refractivity contribution in [3.63, 3.8) is 0 Å². The van der Waals surface area contributed by atoms with E-state index in [9.17, 15) is 0 Å². The number of hydrogen-bond acceptors (Lipinski definition) is 5. The van der Waals surface area contributed by atoms with Crippen LogP contribution in [0.25, 0.3) is 10.2 Å². The van der Waals surface area contributed by atoms with E-state index in [1.54, 1.807) is 11.3 Å². The van der Waals surface area contributed by atoms with Crippen molar-refractivity contribution in [1.82, 2.24) is 19.7 Å².